The van der Waals surface area contributed by atoms with Crippen molar-refractivity contribution in [3.05, 3.63) is 11.3 Å². The van der Waals surface area contributed by atoms with Crippen LogP contribution in [0.5, 0.6) is 0 Å². The van der Waals surface area contributed by atoms with Gasteiger partial charge in [-0.05, 0) is 26.7 Å². The Morgan fingerprint density at radius 3 is 2.62 bits per heavy atom. The second-order valence-electron chi connectivity index (χ2n) is 4.61. The maximum Gasteiger partial charge on any atom is 0.129 e. The zero-order chi connectivity index (χ0) is 12.3. The average molecular weight is 224 g/mol. The molecule has 0 radical (unpaired) electrons. The maximum atomic E-state index is 5.89. The zero-order valence-corrected chi connectivity index (χ0v) is 11.1. The molecule has 0 amide bonds. The van der Waals surface area contributed by atoms with Gasteiger partial charge in [-0.25, -0.2) is 0 Å². The molecule has 0 aliphatic rings. The van der Waals surface area contributed by atoms with E-state index < -0.39 is 0 Å². The summed E-state index contributed by atoms with van der Waals surface area (Å²) in [5.74, 6) is 1.21. The van der Waals surface area contributed by atoms with E-state index in [4.69, 9.17) is 5.73 Å². The standard InChI is InChI=1S/C12H24N4/c1-6-7-15(4)12-11(8-9(2)13)10(3)14-16(12)5/h9H,6-8,13H2,1-5H3. The number of hydrogen-bond donors (Lipinski definition) is 1. The SMILES string of the molecule is CCCN(C)c1c(CC(C)N)c(C)nn1C. The van der Waals surface area contributed by atoms with Gasteiger partial charge in [-0.2, -0.15) is 5.10 Å². The number of hydrogen-bond acceptors (Lipinski definition) is 3. The van der Waals surface area contributed by atoms with Crippen molar-refractivity contribution < 1.29 is 0 Å². The van der Waals surface area contributed by atoms with Crippen molar-refractivity contribution in [2.75, 3.05) is 18.5 Å². The molecule has 1 rings (SSSR count). The molecule has 0 aliphatic carbocycles. The van der Waals surface area contributed by atoms with E-state index in [9.17, 15) is 0 Å². The van der Waals surface area contributed by atoms with Crippen molar-refractivity contribution in [2.45, 2.75) is 39.7 Å². The Bertz CT molecular complexity index is 341. The van der Waals surface area contributed by atoms with Crippen molar-refractivity contribution in [2.24, 2.45) is 12.8 Å². The molecule has 0 saturated heterocycles. The van der Waals surface area contributed by atoms with E-state index in [1.807, 2.05) is 18.7 Å². The van der Waals surface area contributed by atoms with E-state index in [1.165, 1.54) is 11.4 Å². The van der Waals surface area contributed by atoms with Crippen LogP contribution in [0.15, 0.2) is 0 Å². The topological polar surface area (TPSA) is 47.1 Å². The predicted octanol–water partition coefficient (Wildman–Crippen LogP) is 1.46. The Labute approximate surface area is 98.4 Å². The molecule has 1 atom stereocenters. The first kappa shape index (κ1) is 13.0. The minimum Gasteiger partial charge on any atom is -0.360 e. The Morgan fingerprint density at radius 1 is 1.50 bits per heavy atom. The van der Waals surface area contributed by atoms with Crippen LogP contribution in [0.1, 0.15) is 31.5 Å². The van der Waals surface area contributed by atoms with Crippen molar-refractivity contribution in [3.63, 3.8) is 0 Å². The highest BCUT2D eigenvalue weighted by atomic mass is 15.4. The van der Waals surface area contributed by atoms with E-state index in [0.717, 1.165) is 25.1 Å². The Kier molecular flexibility index (Phi) is 4.35. The van der Waals surface area contributed by atoms with Crippen LogP contribution >= 0.6 is 0 Å². The lowest BCUT2D eigenvalue weighted by Gasteiger charge is -2.21. The van der Waals surface area contributed by atoms with Crippen molar-refractivity contribution >= 4 is 5.82 Å². The van der Waals surface area contributed by atoms with Crippen LogP contribution in [0.3, 0.4) is 0 Å². The number of nitrogens with two attached hydrogens (primary N) is 1. The number of aryl methyl sites for hydroxylation is 2. The lowest BCUT2D eigenvalue weighted by Crippen LogP contribution is -2.24. The third-order valence-electron chi connectivity index (χ3n) is 2.76. The average Bonchev–Trinajstić information content (AvgIpc) is 2.41. The fourth-order valence-corrected chi connectivity index (χ4v) is 2.17. The van der Waals surface area contributed by atoms with Crippen LogP contribution < -0.4 is 10.6 Å². The van der Waals surface area contributed by atoms with Crippen LogP contribution in [0.4, 0.5) is 5.82 Å². The highest BCUT2D eigenvalue weighted by Gasteiger charge is 2.17. The smallest absolute Gasteiger partial charge is 0.129 e. The summed E-state index contributed by atoms with van der Waals surface area (Å²) in [5, 5.41) is 4.49. The van der Waals surface area contributed by atoms with Gasteiger partial charge in [-0.1, -0.05) is 6.92 Å². The number of rotatable bonds is 5. The summed E-state index contributed by atoms with van der Waals surface area (Å²) in [6, 6.07) is 0.177. The molecule has 4 heteroatoms. The normalized spacial score (nSPS) is 12.9. The molecule has 0 fully saturated rings. The lowest BCUT2D eigenvalue weighted by atomic mass is 10.1. The fourth-order valence-electron chi connectivity index (χ4n) is 2.17. The molecule has 0 bridgehead atoms. The van der Waals surface area contributed by atoms with Gasteiger partial charge in [0.05, 0.1) is 5.69 Å². The number of aromatic nitrogens is 2. The molecule has 0 saturated carbocycles. The molecule has 16 heavy (non-hydrogen) atoms. The van der Waals surface area contributed by atoms with Crippen molar-refractivity contribution in [3.8, 4) is 0 Å². The van der Waals surface area contributed by atoms with E-state index in [1.54, 1.807) is 0 Å². The van der Waals surface area contributed by atoms with Crippen LogP contribution in [-0.2, 0) is 13.5 Å². The summed E-state index contributed by atoms with van der Waals surface area (Å²) >= 11 is 0. The molecular weight excluding hydrogens is 200 g/mol. The van der Waals surface area contributed by atoms with E-state index in [0.29, 0.717) is 0 Å². The van der Waals surface area contributed by atoms with Gasteiger partial charge in [0, 0.05) is 32.2 Å². The summed E-state index contributed by atoms with van der Waals surface area (Å²) in [6.45, 7) is 7.33. The largest absolute Gasteiger partial charge is 0.360 e. The summed E-state index contributed by atoms with van der Waals surface area (Å²) < 4.78 is 1.96. The van der Waals surface area contributed by atoms with Crippen LogP contribution in [0.25, 0.3) is 0 Å². The van der Waals surface area contributed by atoms with Crippen molar-refractivity contribution in [1.29, 1.82) is 0 Å². The van der Waals surface area contributed by atoms with Gasteiger partial charge in [0.15, 0.2) is 0 Å². The fraction of sp³-hybridized carbons (Fsp3) is 0.750. The molecule has 1 aromatic heterocycles. The van der Waals surface area contributed by atoms with Gasteiger partial charge in [0.1, 0.15) is 5.82 Å². The minimum absolute atomic E-state index is 0.177. The molecular formula is C12H24N4. The van der Waals surface area contributed by atoms with Gasteiger partial charge >= 0.3 is 0 Å². The van der Waals surface area contributed by atoms with E-state index in [-0.39, 0.29) is 6.04 Å². The second-order valence-corrected chi connectivity index (χ2v) is 4.61. The summed E-state index contributed by atoms with van der Waals surface area (Å²) in [7, 11) is 4.11. The molecule has 0 aliphatic heterocycles. The Hall–Kier alpha value is -1.03. The van der Waals surface area contributed by atoms with Crippen molar-refractivity contribution in [1.82, 2.24) is 9.78 Å². The van der Waals surface area contributed by atoms with Crippen LogP contribution in [0.2, 0.25) is 0 Å². The molecule has 2 N–H and O–H groups in total. The summed E-state index contributed by atoms with van der Waals surface area (Å²) in [4.78, 5) is 2.26. The molecule has 1 aromatic rings. The minimum atomic E-state index is 0.177. The lowest BCUT2D eigenvalue weighted by molar-refractivity contribution is 0.710. The molecule has 0 spiro atoms. The second kappa shape index (κ2) is 5.34. The van der Waals surface area contributed by atoms with Gasteiger partial charge in [0.25, 0.3) is 0 Å². The predicted molar refractivity (Wildman–Crippen MR) is 68.9 cm³/mol. The van der Waals surface area contributed by atoms with E-state index in [2.05, 4.69) is 30.9 Å². The zero-order valence-electron chi connectivity index (χ0n) is 11.1. The maximum absolute atomic E-state index is 5.89. The Morgan fingerprint density at radius 2 is 2.12 bits per heavy atom. The quantitative estimate of drug-likeness (QED) is 0.824. The van der Waals surface area contributed by atoms with Crippen LogP contribution in [0, 0.1) is 6.92 Å². The Balaban J connectivity index is 3.04. The van der Waals surface area contributed by atoms with Crippen LogP contribution in [-0.4, -0.2) is 29.4 Å². The first-order chi connectivity index (χ1) is 7.47. The van der Waals surface area contributed by atoms with Gasteiger partial charge in [-0.3, -0.25) is 4.68 Å². The van der Waals surface area contributed by atoms with E-state index >= 15 is 0 Å². The van der Waals surface area contributed by atoms with Gasteiger partial charge in [-0.15, -0.1) is 0 Å². The molecule has 0 aromatic carbocycles. The van der Waals surface area contributed by atoms with Gasteiger partial charge < -0.3 is 10.6 Å². The third kappa shape index (κ3) is 2.76. The number of nitrogens with zero attached hydrogens (tertiary/aromatic N) is 3. The highest BCUT2D eigenvalue weighted by molar-refractivity contribution is 5.49. The third-order valence-corrected chi connectivity index (χ3v) is 2.76. The first-order valence-electron chi connectivity index (χ1n) is 5.96. The first-order valence-corrected chi connectivity index (χ1v) is 5.96. The number of anilines is 1. The highest BCUT2D eigenvalue weighted by Crippen LogP contribution is 2.23. The summed E-state index contributed by atoms with van der Waals surface area (Å²) in [5.41, 5.74) is 8.27. The molecule has 4 nitrogen and oxygen atoms in total. The molecule has 92 valence electrons. The monoisotopic (exact) mass is 224 g/mol. The molecule has 1 unspecified atom stereocenters. The summed E-state index contributed by atoms with van der Waals surface area (Å²) in [6.07, 6.45) is 2.03. The molecule has 1 heterocycles. The van der Waals surface area contributed by atoms with Gasteiger partial charge in [0.2, 0.25) is 0 Å².